The minimum absolute atomic E-state index is 0.116. The van der Waals surface area contributed by atoms with Crippen molar-refractivity contribution >= 4 is 22.7 Å². The maximum absolute atomic E-state index is 13.5. The first kappa shape index (κ1) is 23.4. The van der Waals surface area contributed by atoms with Gasteiger partial charge in [-0.3, -0.25) is 19.4 Å². The summed E-state index contributed by atoms with van der Waals surface area (Å²) in [6.07, 6.45) is 6.18. The summed E-state index contributed by atoms with van der Waals surface area (Å²) in [5, 5.41) is 1.13. The summed E-state index contributed by atoms with van der Waals surface area (Å²) in [4.78, 5) is 35.1. The molecule has 2 saturated heterocycles. The zero-order valence-electron chi connectivity index (χ0n) is 20.6. The van der Waals surface area contributed by atoms with Crippen molar-refractivity contribution in [2.75, 3.05) is 58.9 Å². The quantitative estimate of drug-likeness (QED) is 0.631. The number of nitrogens with zero attached hydrogens (tertiary/aromatic N) is 5. The molecule has 0 atom stereocenters. The van der Waals surface area contributed by atoms with Gasteiger partial charge in [-0.15, -0.1) is 0 Å². The number of hydrogen-bond acceptors (Lipinski definition) is 4. The molecule has 0 bridgehead atoms. The highest BCUT2D eigenvalue weighted by atomic mass is 16.2. The molecule has 2 aliphatic heterocycles. The minimum Gasteiger partial charge on any atom is -0.339 e. The molecule has 1 saturated carbocycles. The van der Waals surface area contributed by atoms with E-state index in [0.29, 0.717) is 19.6 Å². The maximum Gasteiger partial charge on any atom is 0.270 e. The van der Waals surface area contributed by atoms with Crippen molar-refractivity contribution in [2.45, 2.75) is 51.6 Å². The number of aryl methyl sites for hydroxylation is 1. The lowest BCUT2D eigenvalue weighted by Crippen LogP contribution is -2.56. The van der Waals surface area contributed by atoms with Crippen molar-refractivity contribution in [2.24, 2.45) is 0 Å². The number of amides is 2. The van der Waals surface area contributed by atoms with E-state index in [0.717, 1.165) is 81.3 Å². The van der Waals surface area contributed by atoms with Gasteiger partial charge in [-0.25, -0.2) is 0 Å². The first-order valence-electron chi connectivity index (χ1n) is 13.3. The molecule has 1 aliphatic carbocycles. The molecule has 1 aromatic carbocycles. The topological polar surface area (TPSA) is 52.0 Å². The number of carbonyl (C=O) groups is 2. The van der Waals surface area contributed by atoms with Crippen LogP contribution in [0.1, 0.15) is 49.5 Å². The van der Waals surface area contributed by atoms with Crippen LogP contribution in [-0.4, -0.2) is 101 Å². The molecule has 7 heteroatoms. The number of hydrogen-bond donors (Lipinski definition) is 0. The number of unbranched alkanes of at least 4 members (excludes halogenated alkanes) is 1. The van der Waals surface area contributed by atoms with Gasteiger partial charge in [-0.1, -0.05) is 38.0 Å². The Kier molecular flexibility index (Phi) is 7.21. The molecule has 2 aromatic rings. The van der Waals surface area contributed by atoms with Gasteiger partial charge >= 0.3 is 0 Å². The molecule has 3 fully saturated rings. The lowest BCUT2D eigenvalue weighted by molar-refractivity contribution is -0.135. The van der Waals surface area contributed by atoms with Gasteiger partial charge in [0.2, 0.25) is 5.91 Å². The van der Waals surface area contributed by atoms with Crippen molar-refractivity contribution in [3.8, 4) is 0 Å². The van der Waals surface area contributed by atoms with E-state index in [1.165, 1.54) is 19.3 Å². The summed E-state index contributed by atoms with van der Waals surface area (Å²) in [6.45, 7) is 10.1. The molecule has 7 nitrogen and oxygen atoms in total. The van der Waals surface area contributed by atoms with E-state index in [1.54, 1.807) is 0 Å². The van der Waals surface area contributed by atoms with Crippen LogP contribution in [0.25, 0.3) is 10.9 Å². The lowest BCUT2D eigenvalue weighted by atomic mass is 9.91. The second kappa shape index (κ2) is 10.5. The predicted molar refractivity (Wildman–Crippen MR) is 135 cm³/mol. The first-order valence-corrected chi connectivity index (χ1v) is 13.3. The normalized spacial score (nSPS) is 20.6. The van der Waals surface area contributed by atoms with Crippen LogP contribution in [-0.2, 0) is 11.3 Å². The number of para-hydroxylation sites is 1. The molecule has 3 aliphatic rings. The summed E-state index contributed by atoms with van der Waals surface area (Å²) in [5.41, 5.74) is 1.93. The zero-order chi connectivity index (χ0) is 23.5. The molecule has 0 unspecified atom stereocenters. The molecule has 3 heterocycles. The third kappa shape index (κ3) is 4.86. The zero-order valence-corrected chi connectivity index (χ0v) is 20.6. The Balaban J connectivity index is 1.14. The van der Waals surface area contributed by atoms with Gasteiger partial charge in [0.1, 0.15) is 5.69 Å². The molecular weight excluding hydrogens is 426 g/mol. The Hall–Kier alpha value is -2.38. The Morgan fingerprint density at radius 2 is 1.62 bits per heavy atom. The summed E-state index contributed by atoms with van der Waals surface area (Å²) in [6, 6.07) is 11.1. The fraction of sp³-hybridized carbons (Fsp3) is 0.630. The highest BCUT2D eigenvalue weighted by Crippen LogP contribution is 2.26. The third-order valence-corrected chi connectivity index (χ3v) is 8.04. The number of piperazine rings is 2. The average molecular weight is 466 g/mol. The van der Waals surface area contributed by atoms with Crippen molar-refractivity contribution in [1.29, 1.82) is 0 Å². The van der Waals surface area contributed by atoms with Gasteiger partial charge < -0.3 is 14.4 Å². The number of benzene rings is 1. The van der Waals surface area contributed by atoms with Crippen molar-refractivity contribution in [3.05, 3.63) is 36.0 Å². The Morgan fingerprint density at radius 3 is 2.29 bits per heavy atom. The molecular formula is C27H39N5O2. The van der Waals surface area contributed by atoms with Gasteiger partial charge in [0.05, 0.1) is 6.54 Å². The molecule has 34 heavy (non-hydrogen) atoms. The average Bonchev–Trinajstić information content (AvgIpc) is 3.20. The van der Waals surface area contributed by atoms with E-state index in [1.807, 2.05) is 28.0 Å². The lowest BCUT2D eigenvalue weighted by Gasteiger charge is -2.43. The Bertz CT molecular complexity index is 998. The van der Waals surface area contributed by atoms with Crippen LogP contribution < -0.4 is 0 Å². The maximum atomic E-state index is 13.5. The van der Waals surface area contributed by atoms with Crippen molar-refractivity contribution < 1.29 is 9.59 Å². The largest absolute Gasteiger partial charge is 0.339 e. The fourth-order valence-corrected chi connectivity index (χ4v) is 5.60. The number of fused-ring (bicyclic) bond motifs is 1. The van der Waals surface area contributed by atoms with Crippen LogP contribution in [0, 0.1) is 0 Å². The molecule has 1 aromatic heterocycles. The number of rotatable bonds is 7. The third-order valence-electron chi connectivity index (χ3n) is 8.04. The number of aromatic nitrogens is 1. The standard InChI is InChI=1S/C27H39N5O2/c1-2-3-11-32-24-10-5-4-7-22(24)20-25(32)27(34)31-14-12-28(13-15-31)21-26(33)30-18-16-29(17-19-30)23-8-6-9-23/h4-5,7,10,20,23H,2-3,6,8-9,11-19,21H2,1H3. The van der Waals surface area contributed by atoms with Crippen LogP contribution >= 0.6 is 0 Å². The predicted octanol–water partition coefficient (Wildman–Crippen LogP) is 2.90. The highest BCUT2D eigenvalue weighted by Gasteiger charge is 2.31. The summed E-state index contributed by atoms with van der Waals surface area (Å²) in [5.74, 6) is 0.359. The van der Waals surface area contributed by atoms with Gasteiger partial charge in [0.15, 0.2) is 0 Å². The van der Waals surface area contributed by atoms with E-state index in [4.69, 9.17) is 0 Å². The van der Waals surface area contributed by atoms with Crippen LogP contribution in [0.2, 0.25) is 0 Å². The SMILES string of the molecule is CCCCn1c(C(=O)N2CCN(CC(=O)N3CCN(C4CCC4)CC3)CC2)cc2ccccc21. The highest BCUT2D eigenvalue weighted by molar-refractivity contribution is 5.98. The minimum atomic E-state index is 0.116. The van der Waals surface area contributed by atoms with E-state index in [9.17, 15) is 9.59 Å². The Morgan fingerprint density at radius 1 is 0.912 bits per heavy atom. The first-order chi connectivity index (χ1) is 16.6. The molecule has 0 N–H and O–H groups in total. The Labute approximate surface area is 203 Å². The van der Waals surface area contributed by atoms with E-state index in [2.05, 4.69) is 33.4 Å². The molecule has 0 radical (unpaired) electrons. The monoisotopic (exact) mass is 465 g/mol. The molecule has 2 amide bonds. The van der Waals surface area contributed by atoms with Crippen LogP contribution in [0.3, 0.4) is 0 Å². The molecule has 0 spiro atoms. The number of carbonyl (C=O) groups excluding carboxylic acids is 2. The second-order valence-electron chi connectivity index (χ2n) is 10.2. The van der Waals surface area contributed by atoms with Gasteiger partial charge in [-0.05, 0) is 31.4 Å². The van der Waals surface area contributed by atoms with Crippen molar-refractivity contribution in [1.82, 2.24) is 24.2 Å². The molecule has 184 valence electrons. The summed E-state index contributed by atoms with van der Waals surface area (Å²) in [7, 11) is 0. The fourth-order valence-electron chi connectivity index (χ4n) is 5.60. The smallest absolute Gasteiger partial charge is 0.270 e. The van der Waals surface area contributed by atoms with Crippen LogP contribution in [0.5, 0.6) is 0 Å². The summed E-state index contributed by atoms with van der Waals surface area (Å²) >= 11 is 0. The second-order valence-corrected chi connectivity index (χ2v) is 10.2. The van der Waals surface area contributed by atoms with Gasteiger partial charge in [0.25, 0.3) is 5.91 Å². The van der Waals surface area contributed by atoms with E-state index < -0.39 is 0 Å². The van der Waals surface area contributed by atoms with Crippen LogP contribution in [0.15, 0.2) is 30.3 Å². The molecule has 5 rings (SSSR count). The van der Waals surface area contributed by atoms with Crippen molar-refractivity contribution in [3.63, 3.8) is 0 Å². The van der Waals surface area contributed by atoms with Crippen LogP contribution in [0.4, 0.5) is 0 Å². The van der Waals surface area contributed by atoms with E-state index in [-0.39, 0.29) is 11.8 Å². The summed E-state index contributed by atoms with van der Waals surface area (Å²) < 4.78 is 2.19. The van der Waals surface area contributed by atoms with Gasteiger partial charge in [0, 0.05) is 75.8 Å². The van der Waals surface area contributed by atoms with Gasteiger partial charge in [-0.2, -0.15) is 0 Å². The van der Waals surface area contributed by atoms with E-state index >= 15 is 0 Å².